The third kappa shape index (κ3) is 3.74. The number of aromatic nitrogens is 2. The maximum Gasteiger partial charge on any atom is 0.354 e. The van der Waals surface area contributed by atoms with Crippen molar-refractivity contribution in [2.45, 2.75) is 38.6 Å². The van der Waals surface area contributed by atoms with Gasteiger partial charge in [0.05, 0.1) is 15.7 Å². The Morgan fingerprint density at radius 3 is 2.58 bits per heavy atom. The van der Waals surface area contributed by atoms with Crippen LogP contribution in [0.4, 0.5) is 0 Å². The first-order valence-corrected chi connectivity index (χ1v) is 11.5. The summed E-state index contributed by atoms with van der Waals surface area (Å²) < 4.78 is 8.46. The number of aryl methyl sites for hydroxylation is 1. The van der Waals surface area contributed by atoms with E-state index in [0.29, 0.717) is 40.0 Å². The van der Waals surface area contributed by atoms with Gasteiger partial charge in [-0.2, -0.15) is 0 Å². The standard InChI is InChI=1S/C25H21BrN2O5/c1-2-19-27-21(14-8-9-14)22(25(31)32)28(19)12-13-7-10-18-17(11-13)20(26)23(33-18)15-5-3-4-6-16(15)24(29)30/h3-7,10-11,14H,2,8-9,12H2,1H3,(H,29,30)(H,31,32). The second-order valence-electron chi connectivity index (χ2n) is 8.21. The number of imidazole rings is 1. The number of carbonyl (C=O) groups is 2. The highest BCUT2D eigenvalue weighted by Crippen LogP contribution is 2.42. The van der Waals surface area contributed by atoms with E-state index in [2.05, 4.69) is 20.9 Å². The summed E-state index contributed by atoms with van der Waals surface area (Å²) in [6.07, 6.45) is 2.60. The lowest BCUT2D eigenvalue weighted by atomic mass is 10.0. The minimum atomic E-state index is -1.03. The van der Waals surface area contributed by atoms with E-state index in [1.807, 2.05) is 25.1 Å². The van der Waals surface area contributed by atoms with Crippen LogP contribution in [0.2, 0.25) is 0 Å². The van der Waals surface area contributed by atoms with Crippen molar-refractivity contribution in [3.05, 3.63) is 75.3 Å². The van der Waals surface area contributed by atoms with E-state index in [-0.39, 0.29) is 17.2 Å². The lowest BCUT2D eigenvalue weighted by molar-refractivity contribution is 0.0678. The van der Waals surface area contributed by atoms with Gasteiger partial charge in [0.1, 0.15) is 17.2 Å². The zero-order chi connectivity index (χ0) is 23.3. The molecule has 5 rings (SSSR count). The summed E-state index contributed by atoms with van der Waals surface area (Å²) in [6.45, 7) is 2.35. The van der Waals surface area contributed by atoms with Crippen LogP contribution in [-0.4, -0.2) is 31.7 Å². The number of hydrogen-bond acceptors (Lipinski definition) is 4. The number of aromatic carboxylic acids is 2. The van der Waals surface area contributed by atoms with Crippen LogP contribution in [0.25, 0.3) is 22.3 Å². The summed E-state index contributed by atoms with van der Waals surface area (Å²) >= 11 is 3.59. The summed E-state index contributed by atoms with van der Waals surface area (Å²) in [5.74, 6) is -0.540. The normalized spacial score (nSPS) is 13.5. The first kappa shape index (κ1) is 21.5. The number of hydrogen-bond donors (Lipinski definition) is 2. The van der Waals surface area contributed by atoms with Gasteiger partial charge in [0.15, 0.2) is 5.69 Å². The highest BCUT2D eigenvalue weighted by Gasteiger charge is 2.34. The average molecular weight is 509 g/mol. The van der Waals surface area contributed by atoms with E-state index in [0.717, 1.165) is 29.6 Å². The molecule has 0 saturated heterocycles. The summed E-state index contributed by atoms with van der Waals surface area (Å²) in [4.78, 5) is 28.4. The lowest BCUT2D eigenvalue weighted by Gasteiger charge is -2.10. The Kier molecular flexibility index (Phi) is 5.32. The Morgan fingerprint density at radius 1 is 1.15 bits per heavy atom. The van der Waals surface area contributed by atoms with Crippen molar-refractivity contribution in [3.63, 3.8) is 0 Å². The first-order chi connectivity index (χ1) is 15.9. The highest BCUT2D eigenvalue weighted by atomic mass is 79.9. The fourth-order valence-corrected chi connectivity index (χ4v) is 4.87. The second-order valence-corrected chi connectivity index (χ2v) is 9.00. The van der Waals surface area contributed by atoms with E-state index < -0.39 is 11.9 Å². The SMILES string of the molecule is CCc1nc(C2CC2)c(C(=O)O)n1Cc1ccc2oc(-c3ccccc3C(=O)O)c(Br)c2c1. The van der Waals surface area contributed by atoms with Crippen LogP contribution < -0.4 is 0 Å². The Hall–Kier alpha value is -3.39. The van der Waals surface area contributed by atoms with Gasteiger partial charge in [0.25, 0.3) is 0 Å². The molecule has 2 heterocycles. The first-order valence-electron chi connectivity index (χ1n) is 10.7. The summed E-state index contributed by atoms with van der Waals surface area (Å²) in [7, 11) is 0. The van der Waals surface area contributed by atoms with Crippen molar-refractivity contribution in [2.75, 3.05) is 0 Å². The van der Waals surface area contributed by atoms with Gasteiger partial charge in [-0.1, -0.05) is 31.2 Å². The zero-order valence-electron chi connectivity index (χ0n) is 17.8. The molecule has 2 aromatic heterocycles. The Morgan fingerprint density at radius 2 is 1.91 bits per heavy atom. The van der Waals surface area contributed by atoms with E-state index in [9.17, 15) is 19.8 Å². The predicted octanol–water partition coefficient (Wildman–Crippen LogP) is 5.94. The van der Waals surface area contributed by atoms with Gasteiger partial charge < -0.3 is 19.2 Å². The van der Waals surface area contributed by atoms with Crippen LogP contribution in [0.3, 0.4) is 0 Å². The Labute approximate surface area is 197 Å². The molecule has 0 atom stereocenters. The van der Waals surface area contributed by atoms with Gasteiger partial charge >= 0.3 is 11.9 Å². The topological polar surface area (TPSA) is 106 Å². The van der Waals surface area contributed by atoms with Crippen LogP contribution in [0.15, 0.2) is 51.4 Å². The quantitative estimate of drug-likeness (QED) is 0.319. The molecule has 0 aliphatic heterocycles. The monoisotopic (exact) mass is 508 g/mol. The van der Waals surface area contributed by atoms with Crippen LogP contribution in [-0.2, 0) is 13.0 Å². The van der Waals surface area contributed by atoms with Gasteiger partial charge in [-0.15, -0.1) is 0 Å². The molecule has 4 aromatic rings. The van der Waals surface area contributed by atoms with E-state index in [4.69, 9.17) is 4.42 Å². The molecule has 2 N–H and O–H groups in total. The fraction of sp³-hybridized carbons (Fsp3) is 0.240. The molecule has 0 bridgehead atoms. The minimum Gasteiger partial charge on any atom is -0.478 e. The third-order valence-corrected chi connectivity index (χ3v) is 6.78. The molecule has 8 heteroatoms. The molecule has 1 saturated carbocycles. The molecule has 33 heavy (non-hydrogen) atoms. The van der Waals surface area contributed by atoms with Crippen molar-refractivity contribution in [1.29, 1.82) is 0 Å². The van der Waals surface area contributed by atoms with Crippen molar-refractivity contribution in [1.82, 2.24) is 9.55 Å². The van der Waals surface area contributed by atoms with Gasteiger partial charge in [0, 0.05) is 29.8 Å². The van der Waals surface area contributed by atoms with Gasteiger partial charge in [-0.3, -0.25) is 0 Å². The molecular weight excluding hydrogens is 488 g/mol. The zero-order valence-corrected chi connectivity index (χ0v) is 19.4. The maximum absolute atomic E-state index is 12.1. The molecule has 0 unspecified atom stereocenters. The van der Waals surface area contributed by atoms with Crippen LogP contribution in [0.1, 0.15) is 63.6 Å². The van der Waals surface area contributed by atoms with Crippen molar-refractivity contribution < 1.29 is 24.2 Å². The van der Waals surface area contributed by atoms with Crippen LogP contribution in [0, 0.1) is 0 Å². The third-order valence-electron chi connectivity index (χ3n) is 5.99. The Bertz CT molecular complexity index is 1410. The van der Waals surface area contributed by atoms with E-state index in [1.165, 1.54) is 0 Å². The Balaban J connectivity index is 1.58. The molecule has 1 aliphatic carbocycles. The smallest absolute Gasteiger partial charge is 0.354 e. The van der Waals surface area contributed by atoms with Crippen LogP contribution in [0.5, 0.6) is 0 Å². The molecule has 0 radical (unpaired) electrons. The molecule has 0 amide bonds. The number of fused-ring (bicyclic) bond motifs is 1. The molecule has 7 nitrogen and oxygen atoms in total. The van der Waals surface area contributed by atoms with Gasteiger partial charge in [-0.25, -0.2) is 14.6 Å². The molecule has 1 fully saturated rings. The van der Waals surface area contributed by atoms with Crippen molar-refractivity contribution in [3.8, 4) is 11.3 Å². The second kappa shape index (κ2) is 8.19. The van der Waals surface area contributed by atoms with Crippen molar-refractivity contribution in [2.24, 2.45) is 0 Å². The number of nitrogens with zero attached hydrogens (tertiary/aromatic N) is 2. The number of rotatable bonds is 7. The van der Waals surface area contributed by atoms with Gasteiger partial charge in [0.2, 0.25) is 0 Å². The molecule has 168 valence electrons. The van der Waals surface area contributed by atoms with E-state index >= 15 is 0 Å². The highest BCUT2D eigenvalue weighted by molar-refractivity contribution is 9.10. The number of halogens is 1. The van der Waals surface area contributed by atoms with Crippen LogP contribution >= 0.6 is 15.9 Å². The number of carboxylic acids is 2. The molecule has 2 aromatic carbocycles. The number of carboxylic acid groups (broad SMARTS) is 2. The minimum absolute atomic E-state index is 0.155. The predicted molar refractivity (Wildman–Crippen MR) is 126 cm³/mol. The van der Waals surface area contributed by atoms with Crippen molar-refractivity contribution >= 4 is 38.8 Å². The molecule has 0 spiro atoms. The lowest BCUT2D eigenvalue weighted by Crippen LogP contribution is -2.13. The maximum atomic E-state index is 12.1. The summed E-state index contributed by atoms with van der Waals surface area (Å²) in [5, 5.41) is 20.2. The molecule has 1 aliphatic rings. The largest absolute Gasteiger partial charge is 0.478 e. The summed E-state index contributed by atoms with van der Waals surface area (Å²) in [5.41, 5.74) is 3.12. The number of benzene rings is 2. The van der Waals surface area contributed by atoms with E-state index in [1.54, 1.807) is 28.8 Å². The molecular formula is C25H21BrN2O5. The van der Waals surface area contributed by atoms with Gasteiger partial charge in [-0.05, 0) is 52.5 Å². The fourth-order valence-electron chi connectivity index (χ4n) is 4.26. The number of furan rings is 1. The average Bonchev–Trinajstić information content (AvgIpc) is 3.51. The summed E-state index contributed by atoms with van der Waals surface area (Å²) in [6, 6.07) is 12.4.